The number of hydrogen-bond acceptors (Lipinski definition) is 8. The molecule has 0 fully saturated rings. The first-order chi connectivity index (χ1) is 21.5. The second-order valence-electron chi connectivity index (χ2n) is 9.50. The van der Waals surface area contributed by atoms with E-state index in [1.807, 2.05) is 0 Å². The van der Waals surface area contributed by atoms with Gasteiger partial charge in [-0.05, 0) is 46.3 Å². The third-order valence-corrected chi connectivity index (χ3v) is 7.00. The Morgan fingerprint density at radius 1 is 0.978 bits per heavy atom. The fraction of sp³-hybridized carbons (Fsp3) is 0.154. The normalized spacial score (nSPS) is 12.6. The number of rotatable bonds is 8. The lowest BCUT2D eigenvalue weighted by molar-refractivity contribution is -0.615. The summed E-state index contributed by atoms with van der Waals surface area (Å²) in [5.41, 5.74) is -0.449. The van der Waals surface area contributed by atoms with Crippen molar-refractivity contribution in [3.63, 3.8) is 0 Å². The van der Waals surface area contributed by atoms with Crippen LogP contribution in [0.2, 0.25) is 5.02 Å². The molecule has 45 heavy (non-hydrogen) atoms. The van der Waals surface area contributed by atoms with Crippen LogP contribution in [0.25, 0.3) is 27.9 Å². The highest BCUT2D eigenvalue weighted by molar-refractivity contribution is 6.31. The molecule has 230 valence electrons. The summed E-state index contributed by atoms with van der Waals surface area (Å²) in [6, 6.07) is 6.72. The highest BCUT2D eigenvalue weighted by atomic mass is 35.5. The topological polar surface area (TPSA) is 132 Å². The summed E-state index contributed by atoms with van der Waals surface area (Å²) in [5, 5.41) is 35.6. The van der Waals surface area contributed by atoms with Crippen molar-refractivity contribution in [2.45, 2.75) is 25.2 Å². The van der Waals surface area contributed by atoms with E-state index in [9.17, 15) is 27.2 Å². The molecule has 5 aromatic heterocycles. The van der Waals surface area contributed by atoms with Crippen LogP contribution in [0.4, 0.5) is 26.3 Å². The van der Waals surface area contributed by atoms with Gasteiger partial charge in [-0.15, -0.1) is 10.2 Å². The minimum atomic E-state index is -4.69. The number of hydrogen-bond donors (Lipinski definition) is 0. The van der Waals surface area contributed by atoms with E-state index in [0.717, 1.165) is 24.7 Å². The summed E-state index contributed by atoms with van der Waals surface area (Å²) in [6.07, 6.45) is 2.09. The Morgan fingerprint density at radius 2 is 1.80 bits per heavy atom. The number of nitrogens with zero attached hydrogens (tertiary/aromatic N) is 11. The molecular weight excluding hydrogens is 632 g/mol. The molecule has 0 bridgehead atoms. The van der Waals surface area contributed by atoms with Gasteiger partial charge in [-0.2, -0.15) is 41.1 Å². The zero-order chi connectivity index (χ0) is 31.9. The number of pyridine rings is 2. The van der Waals surface area contributed by atoms with E-state index < -0.39 is 30.3 Å². The van der Waals surface area contributed by atoms with Gasteiger partial charge in [0.25, 0.3) is 0 Å². The van der Waals surface area contributed by atoms with E-state index in [1.54, 1.807) is 0 Å². The van der Waals surface area contributed by atoms with Crippen LogP contribution in [-0.2, 0) is 12.6 Å². The van der Waals surface area contributed by atoms with Crippen LogP contribution in [0.5, 0.6) is 0 Å². The van der Waals surface area contributed by atoms with Gasteiger partial charge in [0.2, 0.25) is 5.69 Å². The number of benzene rings is 1. The minimum Gasteiger partial charge on any atom is -0.618 e. The Labute approximate surface area is 252 Å². The molecule has 0 spiro atoms. The molecule has 5 heterocycles. The van der Waals surface area contributed by atoms with Crippen molar-refractivity contribution in [2.24, 2.45) is 0 Å². The number of tetrazole rings is 1. The Morgan fingerprint density at radius 3 is 2.49 bits per heavy atom. The standard InChI is InChI=1S/C26H16ClF6N11O/c27-18-2-4-20(43-13-35-38-40-43)23(24(18)28)15-1-3-19(44(45)11-15)21(8-17-12-42(25(29)30)39-37-17)41-10-16(9-36-41)14-5-6-34-22(7-14)26(31,32)33/h1-7,9-13,21,25H,8H2/t21-/m1/s1. The van der Waals surface area contributed by atoms with Gasteiger partial charge in [-0.25, -0.2) is 4.39 Å². The molecule has 0 aliphatic carbocycles. The molecule has 0 amide bonds. The zero-order valence-corrected chi connectivity index (χ0v) is 23.0. The summed E-state index contributed by atoms with van der Waals surface area (Å²) < 4.78 is 84.7. The molecule has 6 aromatic rings. The molecule has 0 aliphatic rings. The van der Waals surface area contributed by atoms with Crippen LogP contribution >= 0.6 is 11.6 Å². The van der Waals surface area contributed by atoms with E-state index in [1.165, 1.54) is 58.4 Å². The lowest BCUT2D eigenvalue weighted by Crippen LogP contribution is -2.36. The molecule has 0 N–H and O–H groups in total. The van der Waals surface area contributed by atoms with Crippen molar-refractivity contribution in [3.8, 4) is 27.9 Å². The van der Waals surface area contributed by atoms with Crippen molar-refractivity contribution in [1.29, 1.82) is 0 Å². The van der Waals surface area contributed by atoms with Crippen LogP contribution in [0.1, 0.15) is 29.7 Å². The smallest absolute Gasteiger partial charge is 0.433 e. The Kier molecular flexibility index (Phi) is 7.65. The summed E-state index contributed by atoms with van der Waals surface area (Å²) in [5.74, 6) is -0.843. The largest absolute Gasteiger partial charge is 0.618 e. The summed E-state index contributed by atoms with van der Waals surface area (Å²) >= 11 is 6.03. The Balaban J connectivity index is 1.43. The minimum absolute atomic E-state index is 0.0112. The van der Waals surface area contributed by atoms with Gasteiger partial charge in [-0.3, -0.25) is 9.67 Å². The van der Waals surface area contributed by atoms with E-state index >= 15 is 4.39 Å². The molecular formula is C26H16ClF6N11O. The fourth-order valence-corrected chi connectivity index (χ4v) is 4.79. The van der Waals surface area contributed by atoms with Gasteiger partial charge in [0.05, 0.1) is 39.9 Å². The Hall–Kier alpha value is -5.39. The van der Waals surface area contributed by atoms with E-state index in [4.69, 9.17) is 11.6 Å². The van der Waals surface area contributed by atoms with Crippen molar-refractivity contribution in [3.05, 3.63) is 107 Å². The second-order valence-corrected chi connectivity index (χ2v) is 9.91. The fourth-order valence-electron chi connectivity index (χ4n) is 4.63. The summed E-state index contributed by atoms with van der Waals surface area (Å²) in [7, 11) is 0. The zero-order valence-electron chi connectivity index (χ0n) is 22.3. The number of halogens is 7. The third kappa shape index (κ3) is 5.91. The van der Waals surface area contributed by atoms with E-state index in [0.29, 0.717) is 9.41 Å². The van der Waals surface area contributed by atoms with Gasteiger partial charge in [-0.1, -0.05) is 16.8 Å². The maximum Gasteiger partial charge on any atom is 0.433 e. The van der Waals surface area contributed by atoms with Crippen LogP contribution in [0.3, 0.4) is 0 Å². The first-order valence-electron chi connectivity index (χ1n) is 12.7. The molecule has 1 atom stereocenters. The van der Waals surface area contributed by atoms with Crippen LogP contribution in [-0.4, -0.2) is 50.0 Å². The summed E-state index contributed by atoms with van der Waals surface area (Å²) in [6.45, 7) is -2.97. The Bertz CT molecular complexity index is 1980. The molecule has 0 aliphatic heterocycles. The van der Waals surface area contributed by atoms with E-state index in [-0.39, 0.29) is 50.8 Å². The third-order valence-electron chi connectivity index (χ3n) is 6.71. The van der Waals surface area contributed by atoms with Gasteiger partial charge < -0.3 is 5.21 Å². The van der Waals surface area contributed by atoms with Crippen molar-refractivity contribution < 1.29 is 31.1 Å². The van der Waals surface area contributed by atoms with Crippen LogP contribution in [0.15, 0.2) is 73.7 Å². The second kappa shape index (κ2) is 11.6. The monoisotopic (exact) mass is 647 g/mol. The lowest BCUT2D eigenvalue weighted by Gasteiger charge is -2.17. The maximum absolute atomic E-state index is 15.3. The predicted molar refractivity (Wildman–Crippen MR) is 142 cm³/mol. The number of alkyl halides is 5. The van der Waals surface area contributed by atoms with Crippen molar-refractivity contribution >= 4 is 11.6 Å². The van der Waals surface area contributed by atoms with Crippen molar-refractivity contribution in [1.82, 2.24) is 50.0 Å². The highest BCUT2D eigenvalue weighted by Gasteiger charge is 2.33. The van der Waals surface area contributed by atoms with Gasteiger partial charge in [0.15, 0.2) is 12.0 Å². The average molecular weight is 648 g/mol. The average Bonchev–Trinajstić information content (AvgIpc) is 3.80. The maximum atomic E-state index is 15.3. The van der Waals surface area contributed by atoms with E-state index in [2.05, 4.69) is 35.9 Å². The molecule has 0 radical (unpaired) electrons. The summed E-state index contributed by atoms with van der Waals surface area (Å²) in [4.78, 5) is 3.35. The van der Waals surface area contributed by atoms with Crippen LogP contribution < -0.4 is 4.73 Å². The molecule has 1 aromatic carbocycles. The molecule has 0 unspecified atom stereocenters. The molecule has 19 heteroatoms. The first-order valence-corrected chi connectivity index (χ1v) is 13.1. The molecule has 12 nitrogen and oxygen atoms in total. The highest BCUT2D eigenvalue weighted by Crippen LogP contribution is 2.34. The van der Waals surface area contributed by atoms with Gasteiger partial charge in [0.1, 0.15) is 18.1 Å². The lowest BCUT2D eigenvalue weighted by atomic mass is 10.0. The SMILES string of the molecule is [O-][n+]1cc(-c2c(-n3cnnn3)ccc(Cl)c2F)ccc1[C@@H](Cc1cn(C(F)F)nn1)n1cc(-c2ccnc(C(F)(F)F)c2)cn1. The first kappa shape index (κ1) is 29.7. The van der Waals surface area contributed by atoms with Crippen LogP contribution in [0, 0.1) is 11.0 Å². The quantitative estimate of drug-likeness (QED) is 0.130. The van der Waals surface area contributed by atoms with Gasteiger partial charge >= 0.3 is 12.7 Å². The molecule has 6 rings (SSSR count). The molecule has 0 saturated heterocycles. The van der Waals surface area contributed by atoms with Crippen molar-refractivity contribution in [2.75, 3.05) is 0 Å². The molecule has 0 saturated carbocycles. The van der Waals surface area contributed by atoms with Gasteiger partial charge in [0, 0.05) is 30.4 Å². The predicted octanol–water partition coefficient (Wildman–Crippen LogP) is 4.85. The number of aromatic nitrogens is 11.